The van der Waals surface area contributed by atoms with Gasteiger partial charge in [0, 0.05) is 5.69 Å². The first kappa shape index (κ1) is 37.4. The average Bonchev–Trinajstić information content (AvgIpc) is 3.71. The van der Waals surface area contributed by atoms with Crippen LogP contribution in [0.15, 0.2) is 133 Å². The van der Waals surface area contributed by atoms with Gasteiger partial charge in [-0.1, -0.05) is 137 Å². The van der Waals surface area contributed by atoms with E-state index in [1.54, 1.807) is 0 Å². The van der Waals surface area contributed by atoms with Gasteiger partial charge in [0.1, 0.15) is 0 Å². The van der Waals surface area contributed by atoms with Gasteiger partial charge in [-0.05, 0) is 173 Å². The number of anilines is 3. The first-order valence-electron chi connectivity index (χ1n) is 22.3. The van der Waals surface area contributed by atoms with Crippen LogP contribution in [0.4, 0.5) is 17.1 Å². The Labute approximate surface area is 351 Å². The monoisotopic (exact) mass is 769 g/mol. The maximum atomic E-state index is 6.84. The third-order valence-electron chi connectivity index (χ3n) is 13.3. The van der Waals surface area contributed by atoms with Gasteiger partial charge in [-0.25, -0.2) is 0 Å². The molecule has 0 fully saturated rings. The summed E-state index contributed by atoms with van der Waals surface area (Å²) in [6.45, 7) is 11.2. The van der Waals surface area contributed by atoms with Crippen molar-refractivity contribution in [2.45, 2.75) is 97.8 Å². The predicted octanol–water partition coefficient (Wildman–Crippen LogP) is 15.9. The molecule has 59 heavy (non-hydrogen) atoms. The molecule has 0 unspecified atom stereocenters. The summed E-state index contributed by atoms with van der Waals surface area (Å²) < 4.78 is 6.84. The number of aryl methyl sites for hydroxylation is 5. The van der Waals surface area contributed by atoms with Crippen LogP contribution in [0.2, 0.25) is 0 Å². The topological polar surface area (TPSA) is 12.5 Å². The van der Waals surface area contributed by atoms with E-state index in [0.29, 0.717) is 0 Å². The minimum Gasteiger partial charge on any atom is -0.453 e. The molecule has 0 N–H and O–H groups in total. The summed E-state index contributed by atoms with van der Waals surface area (Å²) in [5.74, 6) is 1.77. The number of ether oxygens (including phenoxy) is 1. The Morgan fingerprint density at radius 2 is 0.864 bits per heavy atom. The van der Waals surface area contributed by atoms with Crippen molar-refractivity contribution in [2.75, 3.05) is 4.90 Å². The maximum absolute atomic E-state index is 6.84. The molecule has 0 radical (unpaired) electrons. The molecule has 1 spiro atoms. The van der Waals surface area contributed by atoms with E-state index < -0.39 is 5.41 Å². The molecule has 1 heterocycles. The van der Waals surface area contributed by atoms with Gasteiger partial charge in [-0.15, -0.1) is 0 Å². The fraction of sp³-hybridized carbons (Fsp3) is 0.263. The van der Waals surface area contributed by atoms with Gasteiger partial charge in [0.2, 0.25) is 0 Å². The van der Waals surface area contributed by atoms with Crippen LogP contribution in [-0.4, -0.2) is 0 Å². The summed E-state index contributed by atoms with van der Waals surface area (Å²) in [5.41, 5.74) is 23.1. The lowest BCUT2D eigenvalue weighted by Crippen LogP contribution is -2.26. The minimum atomic E-state index is -0.400. The van der Waals surface area contributed by atoms with Crippen molar-refractivity contribution >= 4 is 17.1 Å². The van der Waals surface area contributed by atoms with E-state index in [0.717, 1.165) is 53.4 Å². The van der Waals surface area contributed by atoms with Gasteiger partial charge in [0.05, 0.1) is 16.8 Å². The Kier molecular flexibility index (Phi) is 9.55. The van der Waals surface area contributed by atoms with E-state index in [1.807, 2.05) is 0 Å². The summed E-state index contributed by atoms with van der Waals surface area (Å²) >= 11 is 0. The maximum Gasteiger partial charge on any atom is 0.152 e. The molecule has 10 rings (SSSR count). The van der Waals surface area contributed by atoms with Crippen molar-refractivity contribution in [2.24, 2.45) is 0 Å². The fourth-order valence-electron chi connectivity index (χ4n) is 10.3. The van der Waals surface area contributed by atoms with Crippen LogP contribution in [0, 0.1) is 13.8 Å². The van der Waals surface area contributed by atoms with Crippen LogP contribution >= 0.6 is 0 Å². The summed E-state index contributed by atoms with van der Waals surface area (Å²) in [5, 5.41) is 0. The first-order valence-corrected chi connectivity index (χ1v) is 22.3. The third-order valence-corrected chi connectivity index (χ3v) is 13.3. The fourth-order valence-corrected chi connectivity index (χ4v) is 10.3. The molecule has 7 aromatic carbocycles. The summed E-state index contributed by atoms with van der Waals surface area (Å²) in [6.07, 6.45) is 10.5. The van der Waals surface area contributed by atoms with Gasteiger partial charge in [0.15, 0.2) is 11.5 Å². The number of hydrogen-bond donors (Lipinski definition) is 0. The van der Waals surface area contributed by atoms with Crippen molar-refractivity contribution in [3.05, 3.63) is 184 Å². The van der Waals surface area contributed by atoms with Crippen LogP contribution in [0.3, 0.4) is 0 Å². The Balaban J connectivity index is 1.15. The zero-order valence-corrected chi connectivity index (χ0v) is 35.4. The first-order chi connectivity index (χ1) is 28.9. The number of rotatable bonds is 11. The Morgan fingerprint density at radius 1 is 0.424 bits per heavy atom. The molecular weight excluding hydrogens is 715 g/mol. The van der Waals surface area contributed by atoms with Crippen molar-refractivity contribution in [3.8, 4) is 44.9 Å². The molecule has 0 bridgehead atoms. The predicted molar refractivity (Wildman–Crippen MR) is 248 cm³/mol. The normalized spacial score (nSPS) is 13.7. The lowest BCUT2D eigenvalue weighted by molar-refractivity contribution is 0.477. The summed E-state index contributed by atoms with van der Waals surface area (Å²) in [7, 11) is 0. The van der Waals surface area contributed by atoms with Gasteiger partial charge >= 0.3 is 0 Å². The van der Waals surface area contributed by atoms with Crippen molar-refractivity contribution in [1.82, 2.24) is 0 Å². The highest BCUT2D eigenvalue weighted by atomic mass is 16.5. The van der Waals surface area contributed by atoms with Crippen LogP contribution in [0.25, 0.3) is 33.4 Å². The van der Waals surface area contributed by atoms with Crippen LogP contribution in [-0.2, 0) is 24.7 Å². The quantitative estimate of drug-likeness (QED) is 0.130. The van der Waals surface area contributed by atoms with E-state index in [4.69, 9.17) is 4.74 Å². The number of unbranched alkanes of at least 4 members (excludes halogenated alkanes) is 3. The molecule has 0 atom stereocenters. The smallest absolute Gasteiger partial charge is 0.152 e. The molecule has 0 amide bonds. The lowest BCUT2D eigenvalue weighted by atomic mass is 9.69. The second kappa shape index (κ2) is 15.1. The van der Waals surface area contributed by atoms with Crippen molar-refractivity contribution < 1.29 is 4.74 Å². The Bertz CT molecular complexity index is 2680. The Hall–Kier alpha value is -5.86. The number of hydrogen-bond acceptors (Lipinski definition) is 2. The zero-order valence-electron chi connectivity index (χ0n) is 35.4. The lowest BCUT2D eigenvalue weighted by Gasteiger charge is -2.33. The van der Waals surface area contributed by atoms with E-state index in [-0.39, 0.29) is 0 Å². The molecule has 0 saturated carbocycles. The number of fused-ring (bicyclic) bond motifs is 12. The number of nitrogens with zero attached hydrogens (tertiary/aromatic N) is 1. The molecule has 3 aliphatic rings. The second-order valence-electron chi connectivity index (χ2n) is 17.4. The van der Waals surface area contributed by atoms with Gasteiger partial charge in [0.25, 0.3) is 0 Å². The Morgan fingerprint density at radius 3 is 1.49 bits per heavy atom. The highest BCUT2D eigenvalue weighted by Gasteiger charge is 2.52. The van der Waals surface area contributed by atoms with E-state index in [9.17, 15) is 0 Å². The van der Waals surface area contributed by atoms with Gasteiger partial charge < -0.3 is 9.64 Å². The number of benzene rings is 7. The molecule has 2 heteroatoms. The van der Waals surface area contributed by atoms with Crippen molar-refractivity contribution in [3.63, 3.8) is 0 Å². The second-order valence-corrected chi connectivity index (χ2v) is 17.4. The highest BCUT2D eigenvalue weighted by Crippen LogP contribution is 2.64. The standard InChI is InChI=1S/C57H55NO/c1-6-9-12-39-17-23-44(24-18-39)58-53-29-16-38(5)32-55(53)59-56-36-43(22-30-54(56)58)42-21-28-48-45-25-15-37(4)31-49(45)57(52(48)35-42)50-33-40(13-10-7-2)19-26-46(50)47-27-20-41(14-11-8-3)34-51(47)57/h15-36H,6-14H2,1-5H3. The SMILES string of the molecule is CCCCc1ccc(N2c3ccc(C)cc3Oc3cc(-c4ccc5c(c4)C4(c6cc(C)ccc6-5)c5cc(CCCC)ccc5-c5ccc(CCCC)cc54)ccc32)cc1. The molecule has 1 aliphatic heterocycles. The minimum absolute atomic E-state index is 0.400. The molecule has 2 nitrogen and oxygen atoms in total. The molecule has 0 aromatic heterocycles. The van der Waals surface area contributed by atoms with Crippen LogP contribution in [0.5, 0.6) is 11.5 Å². The highest BCUT2D eigenvalue weighted by molar-refractivity contribution is 5.97. The van der Waals surface area contributed by atoms with E-state index >= 15 is 0 Å². The molecule has 294 valence electrons. The van der Waals surface area contributed by atoms with E-state index in [1.165, 1.54) is 116 Å². The molecule has 2 aliphatic carbocycles. The average molecular weight is 770 g/mol. The van der Waals surface area contributed by atoms with Crippen LogP contribution in [0.1, 0.15) is 109 Å². The van der Waals surface area contributed by atoms with Crippen LogP contribution < -0.4 is 9.64 Å². The molecule has 7 aromatic rings. The van der Waals surface area contributed by atoms with Gasteiger partial charge in [-0.3, -0.25) is 0 Å². The summed E-state index contributed by atoms with van der Waals surface area (Å²) in [4.78, 5) is 2.37. The third kappa shape index (κ3) is 6.14. The summed E-state index contributed by atoms with van der Waals surface area (Å²) in [6, 6.07) is 51.7. The largest absolute Gasteiger partial charge is 0.453 e. The van der Waals surface area contributed by atoms with Crippen molar-refractivity contribution in [1.29, 1.82) is 0 Å². The van der Waals surface area contributed by atoms with E-state index in [2.05, 4.69) is 173 Å². The van der Waals surface area contributed by atoms with Gasteiger partial charge in [-0.2, -0.15) is 0 Å². The zero-order chi connectivity index (χ0) is 40.3. The molecular formula is C57H55NO. The molecule has 0 saturated heterocycles.